The van der Waals surface area contributed by atoms with Gasteiger partial charge in [0.2, 0.25) is 0 Å². The Morgan fingerprint density at radius 1 is 1.24 bits per heavy atom. The molecule has 108 valence electrons. The number of nitrogens with one attached hydrogen (secondary N) is 1. The Bertz CT molecular complexity index is 728. The van der Waals surface area contributed by atoms with Crippen LogP contribution in [0.5, 0.6) is 5.75 Å². The molecule has 0 amide bonds. The first kappa shape index (κ1) is 13.6. The fourth-order valence-electron chi connectivity index (χ4n) is 2.00. The summed E-state index contributed by atoms with van der Waals surface area (Å²) in [5.74, 6) is 2.17. The van der Waals surface area contributed by atoms with Gasteiger partial charge < -0.3 is 15.8 Å². The van der Waals surface area contributed by atoms with E-state index in [4.69, 9.17) is 10.5 Å². The zero-order valence-electron chi connectivity index (χ0n) is 11.5. The van der Waals surface area contributed by atoms with Crippen molar-refractivity contribution in [3.05, 3.63) is 42.6 Å². The zero-order valence-corrected chi connectivity index (χ0v) is 12.3. The molecular weight excluding hydrogens is 284 g/mol. The van der Waals surface area contributed by atoms with E-state index in [1.807, 2.05) is 12.1 Å². The molecule has 0 aliphatic carbocycles. The van der Waals surface area contributed by atoms with Crippen LogP contribution in [0.4, 0.5) is 11.6 Å². The molecule has 5 nitrogen and oxygen atoms in total. The molecule has 3 aromatic rings. The van der Waals surface area contributed by atoms with E-state index in [9.17, 15) is 0 Å². The third-order valence-electron chi connectivity index (χ3n) is 3.01. The van der Waals surface area contributed by atoms with Crippen LogP contribution in [0.25, 0.3) is 10.1 Å². The van der Waals surface area contributed by atoms with E-state index in [2.05, 4.69) is 26.8 Å². The second-order valence-corrected chi connectivity index (χ2v) is 5.38. The van der Waals surface area contributed by atoms with E-state index in [0.29, 0.717) is 12.4 Å². The van der Waals surface area contributed by atoms with Gasteiger partial charge in [-0.2, -0.15) is 4.37 Å². The largest absolute Gasteiger partial charge is 0.493 e. The lowest BCUT2D eigenvalue weighted by Crippen LogP contribution is -2.07. The maximum atomic E-state index is 5.62. The summed E-state index contributed by atoms with van der Waals surface area (Å²) in [4.78, 5) is 3.93. The van der Waals surface area contributed by atoms with Gasteiger partial charge >= 0.3 is 0 Å². The van der Waals surface area contributed by atoms with Crippen molar-refractivity contribution >= 4 is 33.3 Å². The predicted octanol–water partition coefficient (Wildman–Crippen LogP) is 3.15. The molecule has 0 atom stereocenters. The predicted molar refractivity (Wildman–Crippen MR) is 86.9 cm³/mol. The molecule has 0 aliphatic heterocycles. The topological polar surface area (TPSA) is 73.1 Å². The van der Waals surface area contributed by atoms with E-state index < -0.39 is 0 Å². The summed E-state index contributed by atoms with van der Waals surface area (Å²) in [5.41, 5.74) is 5.60. The molecule has 0 saturated carbocycles. The van der Waals surface area contributed by atoms with Crippen LogP contribution >= 0.6 is 11.5 Å². The van der Waals surface area contributed by atoms with Gasteiger partial charge in [-0.1, -0.05) is 12.1 Å². The minimum atomic E-state index is 0.472. The van der Waals surface area contributed by atoms with Crippen LogP contribution in [-0.2, 0) is 0 Å². The van der Waals surface area contributed by atoms with Crippen molar-refractivity contribution in [2.45, 2.75) is 6.42 Å². The molecule has 0 aliphatic rings. The monoisotopic (exact) mass is 300 g/mol. The third-order valence-corrected chi connectivity index (χ3v) is 3.84. The molecule has 0 saturated heterocycles. The van der Waals surface area contributed by atoms with Gasteiger partial charge in [-0.15, -0.1) is 0 Å². The number of nitrogens with two attached hydrogens (primary N) is 1. The Morgan fingerprint density at radius 2 is 2.14 bits per heavy atom. The molecule has 0 fully saturated rings. The van der Waals surface area contributed by atoms with Crippen molar-refractivity contribution in [3.63, 3.8) is 0 Å². The van der Waals surface area contributed by atoms with Crippen molar-refractivity contribution in [1.29, 1.82) is 0 Å². The van der Waals surface area contributed by atoms with E-state index in [-0.39, 0.29) is 0 Å². The number of pyridine rings is 1. The fraction of sp³-hybridized carbons (Fsp3) is 0.200. The molecule has 0 unspecified atom stereocenters. The minimum absolute atomic E-state index is 0.472. The Kier molecular flexibility index (Phi) is 4.16. The van der Waals surface area contributed by atoms with E-state index in [1.54, 1.807) is 18.3 Å². The average molecular weight is 300 g/mol. The molecule has 1 aromatic carbocycles. The normalized spacial score (nSPS) is 10.7. The van der Waals surface area contributed by atoms with Gasteiger partial charge in [-0.3, -0.25) is 0 Å². The molecule has 0 spiro atoms. The second kappa shape index (κ2) is 6.41. The van der Waals surface area contributed by atoms with Gasteiger partial charge in [0, 0.05) is 24.2 Å². The standard InChI is InChI=1S/C15H16N4OS/c16-14-10-11(6-8-17-14)20-9-3-7-18-15-12-4-1-2-5-13(12)21-19-15/h1-2,4-6,8,10H,3,7,9H2,(H2,16,17)(H,18,19). The number of nitrogens with zero attached hydrogens (tertiary/aromatic N) is 2. The van der Waals surface area contributed by atoms with Gasteiger partial charge in [0.05, 0.1) is 11.3 Å². The van der Waals surface area contributed by atoms with E-state index in [1.165, 1.54) is 21.6 Å². The highest BCUT2D eigenvalue weighted by molar-refractivity contribution is 7.13. The Morgan fingerprint density at radius 3 is 3.05 bits per heavy atom. The van der Waals surface area contributed by atoms with Crippen LogP contribution in [-0.4, -0.2) is 22.5 Å². The van der Waals surface area contributed by atoms with Gasteiger partial charge in [0.1, 0.15) is 17.4 Å². The maximum absolute atomic E-state index is 5.62. The number of nitrogen functional groups attached to an aromatic ring is 1. The number of aromatic nitrogens is 2. The van der Waals surface area contributed by atoms with Crippen LogP contribution < -0.4 is 15.8 Å². The number of hydrogen-bond acceptors (Lipinski definition) is 6. The lowest BCUT2D eigenvalue weighted by atomic mass is 10.2. The van der Waals surface area contributed by atoms with Crippen LogP contribution in [0.15, 0.2) is 42.6 Å². The van der Waals surface area contributed by atoms with Crippen LogP contribution in [0.1, 0.15) is 6.42 Å². The lowest BCUT2D eigenvalue weighted by Gasteiger charge is -2.07. The number of hydrogen-bond donors (Lipinski definition) is 2. The second-order valence-electron chi connectivity index (χ2n) is 4.57. The molecule has 2 heterocycles. The summed E-state index contributed by atoms with van der Waals surface area (Å²) in [7, 11) is 0. The summed E-state index contributed by atoms with van der Waals surface area (Å²) in [6.07, 6.45) is 2.53. The third kappa shape index (κ3) is 3.41. The van der Waals surface area contributed by atoms with Crippen molar-refractivity contribution in [3.8, 4) is 5.75 Å². The van der Waals surface area contributed by atoms with Crippen LogP contribution in [0, 0.1) is 0 Å². The summed E-state index contributed by atoms with van der Waals surface area (Å²) < 4.78 is 11.2. The molecule has 0 bridgehead atoms. The molecule has 6 heteroatoms. The first-order valence-electron chi connectivity index (χ1n) is 6.75. The summed E-state index contributed by atoms with van der Waals surface area (Å²) in [5, 5.41) is 4.52. The van der Waals surface area contributed by atoms with Crippen LogP contribution in [0.3, 0.4) is 0 Å². The van der Waals surface area contributed by atoms with Crippen molar-refractivity contribution < 1.29 is 4.74 Å². The highest BCUT2D eigenvalue weighted by Gasteiger charge is 2.04. The summed E-state index contributed by atoms with van der Waals surface area (Å²) in [6, 6.07) is 11.7. The van der Waals surface area contributed by atoms with Crippen molar-refractivity contribution in [2.75, 3.05) is 24.2 Å². The highest BCUT2D eigenvalue weighted by atomic mass is 32.1. The Labute approximate surface area is 126 Å². The smallest absolute Gasteiger partial charge is 0.147 e. The minimum Gasteiger partial charge on any atom is -0.493 e. The van der Waals surface area contributed by atoms with E-state index >= 15 is 0 Å². The van der Waals surface area contributed by atoms with Crippen molar-refractivity contribution in [2.24, 2.45) is 0 Å². The van der Waals surface area contributed by atoms with Gasteiger partial charge in [0.25, 0.3) is 0 Å². The molecule has 21 heavy (non-hydrogen) atoms. The molecular formula is C15H16N4OS. The van der Waals surface area contributed by atoms with Gasteiger partial charge in [-0.05, 0) is 36.2 Å². The average Bonchev–Trinajstić information content (AvgIpc) is 2.90. The van der Waals surface area contributed by atoms with Gasteiger partial charge in [0.15, 0.2) is 0 Å². The maximum Gasteiger partial charge on any atom is 0.147 e. The zero-order chi connectivity index (χ0) is 14.5. The first-order chi connectivity index (χ1) is 10.3. The van der Waals surface area contributed by atoms with Crippen LogP contribution in [0.2, 0.25) is 0 Å². The Balaban J connectivity index is 1.46. The SMILES string of the molecule is Nc1cc(OCCCNc2nsc3ccccc23)ccn1. The van der Waals surface area contributed by atoms with Gasteiger partial charge in [-0.25, -0.2) is 4.98 Å². The Hall–Kier alpha value is -2.34. The molecule has 3 N–H and O–H groups in total. The number of fused-ring (bicyclic) bond motifs is 1. The highest BCUT2D eigenvalue weighted by Crippen LogP contribution is 2.25. The number of anilines is 2. The first-order valence-corrected chi connectivity index (χ1v) is 7.53. The number of rotatable bonds is 6. The van der Waals surface area contributed by atoms with Crippen molar-refractivity contribution in [1.82, 2.24) is 9.36 Å². The summed E-state index contributed by atoms with van der Waals surface area (Å²) in [6.45, 7) is 1.44. The molecule has 0 radical (unpaired) electrons. The number of benzene rings is 1. The lowest BCUT2D eigenvalue weighted by molar-refractivity contribution is 0.315. The fourth-order valence-corrected chi connectivity index (χ4v) is 2.76. The number of ether oxygens (including phenoxy) is 1. The quantitative estimate of drug-likeness (QED) is 0.684. The summed E-state index contributed by atoms with van der Waals surface area (Å²) >= 11 is 1.51. The van der Waals surface area contributed by atoms with E-state index in [0.717, 1.165) is 24.5 Å². The molecule has 2 aromatic heterocycles. The molecule has 3 rings (SSSR count).